The van der Waals surface area contributed by atoms with E-state index in [1.807, 2.05) is 12.1 Å². The second-order valence-corrected chi connectivity index (χ2v) is 6.35. The number of fused-ring (bicyclic) bond motifs is 2. The summed E-state index contributed by atoms with van der Waals surface area (Å²) in [5.41, 5.74) is 0.844. The molecule has 1 N–H and O–H groups in total. The van der Waals surface area contributed by atoms with Crippen molar-refractivity contribution in [3.8, 4) is 23.0 Å². The summed E-state index contributed by atoms with van der Waals surface area (Å²) >= 11 is 0. The first-order valence-electron chi connectivity index (χ1n) is 8.85. The molecule has 0 aliphatic carbocycles. The normalized spacial score (nSPS) is 17.5. The van der Waals surface area contributed by atoms with Crippen molar-refractivity contribution < 1.29 is 33.3 Å². The Bertz CT molecular complexity index is 898. The highest BCUT2D eigenvalue weighted by molar-refractivity contribution is 5.84. The van der Waals surface area contributed by atoms with Gasteiger partial charge in [-0.1, -0.05) is 18.2 Å². The van der Waals surface area contributed by atoms with Crippen LogP contribution in [0.15, 0.2) is 42.5 Å². The summed E-state index contributed by atoms with van der Waals surface area (Å²) in [4.78, 5) is 24.5. The maximum absolute atomic E-state index is 12.3. The zero-order chi connectivity index (χ0) is 19.5. The Labute approximate surface area is 161 Å². The summed E-state index contributed by atoms with van der Waals surface area (Å²) in [7, 11) is 0. The third-order valence-electron chi connectivity index (χ3n) is 4.34. The van der Waals surface area contributed by atoms with Crippen molar-refractivity contribution in [1.82, 2.24) is 5.32 Å². The van der Waals surface area contributed by atoms with E-state index in [2.05, 4.69) is 5.32 Å². The monoisotopic (exact) mass is 385 g/mol. The first kappa shape index (κ1) is 18.0. The van der Waals surface area contributed by atoms with Crippen molar-refractivity contribution in [3.63, 3.8) is 0 Å². The number of esters is 1. The minimum Gasteiger partial charge on any atom is -0.485 e. The standard InChI is InChI=1S/C20H19NO7/c1-12(19(22)21-9-13-6-7-15-17(8-13)26-11-25-15)27-20(23)18-10-24-14-4-2-3-5-16(14)28-18/h2-8,12,18H,9-11H2,1H3,(H,21,22)/t12-,18+/m0/s1. The molecule has 0 aromatic heterocycles. The van der Waals surface area contributed by atoms with Gasteiger partial charge in [0.2, 0.25) is 12.9 Å². The molecule has 28 heavy (non-hydrogen) atoms. The van der Waals surface area contributed by atoms with E-state index in [0.29, 0.717) is 23.0 Å². The number of hydrogen-bond donors (Lipinski definition) is 1. The molecule has 2 aromatic rings. The molecular weight excluding hydrogens is 366 g/mol. The molecular formula is C20H19NO7. The van der Waals surface area contributed by atoms with Crippen molar-refractivity contribution in [2.24, 2.45) is 0 Å². The van der Waals surface area contributed by atoms with E-state index in [4.69, 9.17) is 23.7 Å². The topological polar surface area (TPSA) is 92.3 Å². The zero-order valence-corrected chi connectivity index (χ0v) is 15.2. The van der Waals surface area contributed by atoms with Crippen molar-refractivity contribution >= 4 is 11.9 Å². The van der Waals surface area contributed by atoms with Gasteiger partial charge < -0.3 is 29.0 Å². The fourth-order valence-electron chi connectivity index (χ4n) is 2.82. The van der Waals surface area contributed by atoms with Gasteiger partial charge in [-0.15, -0.1) is 0 Å². The lowest BCUT2D eigenvalue weighted by molar-refractivity contribution is -0.163. The van der Waals surface area contributed by atoms with Gasteiger partial charge in [-0.2, -0.15) is 0 Å². The lowest BCUT2D eigenvalue weighted by atomic mass is 10.2. The number of carbonyl (C=O) groups excluding carboxylic acids is 2. The lowest BCUT2D eigenvalue weighted by Gasteiger charge is -2.25. The molecule has 2 heterocycles. The predicted octanol–water partition coefficient (Wildman–Crippen LogP) is 1.80. The van der Waals surface area contributed by atoms with Crippen LogP contribution in [0.4, 0.5) is 0 Å². The molecule has 0 saturated heterocycles. The van der Waals surface area contributed by atoms with Gasteiger partial charge in [-0.05, 0) is 36.8 Å². The van der Waals surface area contributed by atoms with Crippen molar-refractivity contribution in [2.45, 2.75) is 25.7 Å². The minimum absolute atomic E-state index is 0.0291. The summed E-state index contributed by atoms with van der Waals surface area (Å²) < 4.78 is 26.9. The van der Waals surface area contributed by atoms with Crippen LogP contribution < -0.4 is 24.3 Å². The molecule has 8 nitrogen and oxygen atoms in total. The van der Waals surface area contributed by atoms with E-state index < -0.39 is 24.1 Å². The van der Waals surface area contributed by atoms with E-state index in [9.17, 15) is 9.59 Å². The third-order valence-corrected chi connectivity index (χ3v) is 4.34. The molecule has 8 heteroatoms. The first-order chi connectivity index (χ1) is 13.6. The largest absolute Gasteiger partial charge is 0.485 e. The van der Waals surface area contributed by atoms with Gasteiger partial charge in [0, 0.05) is 6.54 Å². The third kappa shape index (κ3) is 3.80. The van der Waals surface area contributed by atoms with Crippen LogP contribution >= 0.6 is 0 Å². The Hall–Kier alpha value is -3.42. The fourth-order valence-corrected chi connectivity index (χ4v) is 2.82. The summed E-state index contributed by atoms with van der Waals surface area (Å²) in [5.74, 6) is 1.29. The summed E-state index contributed by atoms with van der Waals surface area (Å²) in [5, 5.41) is 2.73. The summed E-state index contributed by atoms with van der Waals surface area (Å²) in [6.45, 7) is 2.00. The van der Waals surface area contributed by atoms with Gasteiger partial charge in [0.25, 0.3) is 5.91 Å². The van der Waals surface area contributed by atoms with Crippen molar-refractivity contribution in [1.29, 1.82) is 0 Å². The Kier molecular flexibility index (Phi) is 4.92. The fraction of sp³-hybridized carbons (Fsp3) is 0.300. The number of carbonyl (C=O) groups is 2. The number of para-hydroxylation sites is 2. The van der Waals surface area contributed by atoms with Crippen LogP contribution in [0, 0.1) is 0 Å². The van der Waals surface area contributed by atoms with Gasteiger partial charge in [-0.3, -0.25) is 4.79 Å². The molecule has 1 amide bonds. The molecule has 2 aliphatic rings. The minimum atomic E-state index is -0.970. The average molecular weight is 385 g/mol. The molecule has 0 radical (unpaired) electrons. The number of hydrogen-bond acceptors (Lipinski definition) is 7. The second-order valence-electron chi connectivity index (χ2n) is 6.35. The zero-order valence-electron chi connectivity index (χ0n) is 15.2. The highest BCUT2D eigenvalue weighted by atomic mass is 16.7. The molecule has 146 valence electrons. The molecule has 2 atom stereocenters. The van der Waals surface area contributed by atoms with Crippen LogP contribution in [-0.2, 0) is 20.9 Å². The maximum Gasteiger partial charge on any atom is 0.351 e. The van der Waals surface area contributed by atoms with Gasteiger partial charge in [0.05, 0.1) is 0 Å². The SMILES string of the molecule is C[C@H](OC(=O)[C@H]1COc2ccccc2O1)C(=O)NCc1ccc2c(c1)OCO2. The first-order valence-corrected chi connectivity index (χ1v) is 8.85. The van der Waals surface area contributed by atoms with Gasteiger partial charge in [-0.25, -0.2) is 4.79 Å². The molecule has 0 unspecified atom stereocenters. The van der Waals surface area contributed by atoms with E-state index >= 15 is 0 Å². The second kappa shape index (κ2) is 7.67. The molecule has 0 saturated carbocycles. The van der Waals surface area contributed by atoms with Crippen LogP contribution in [0.3, 0.4) is 0 Å². The average Bonchev–Trinajstić information content (AvgIpc) is 3.19. The highest BCUT2D eigenvalue weighted by Gasteiger charge is 2.31. The Morgan fingerprint density at radius 2 is 1.82 bits per heavy atom. The van der Waals surface area contributed by atoms with Crippen LogP contribution in [-0.4, -0.2) is 37.5 Å². The van der Waals surface area contributed by atoms with E-state index in [1.54, 1.807) is 30.3 Å². The summed E-state index contributed by atoms with van der Waals surface area (Å²) in [6, 6.07) is 12.5. The number of amides is 1. The predicted molar refractivity (Wildman–Crippen MR) is 96.3 cm³/mol. The quantitative estimate of drug-likeness (QED) is 0.785. The molecule has 0 spiro atoms. The number of rotatable bonds is 5. The van der Waals surface area contributed by atoms with Crippen molar-refractivity contribution in [3.05, 3.63) is 48.0 Å². The lowest BCUT2D eigenvalue weighted by Crippen LogP contribution is -2.42. The smallest absolute Gasteiger partial charge is 0.351 e. The van der Waals surface area contributed by atoms with Crippen LogP contribution in [0.25, 0.3) is 0 Å². The van der Waals surface area contributed by atoms with E-state index in [-0.39, 0.29) is 19.9 Å². The maximum atomic E-state index is 12.3. The number of nitrogens with one attached hydrogen (secondary N) is 1. The number of ether oxygens (including phenoxy) is 5. The molecule has 0 fully saturated rings. The Balaban J connectivity index is 1.28. The molecule has 4 rings (SSSR count). The number of benzene rings is 2. The van der Waals surface area contributed by atoms with Gasteiger partial charge >= 0.3 is 5.97 Å². The van der Waals surface area contributed by atoms with Crippen molar-refractivity contribution in [2.75, 3.05) is 13.4 Å². The van der Waals surface area contributed by atoms with E-state index in [1.165, 1.54) is 6.92 Å². The van der Waals surface area contributed by atoms with E-state index in [0.717, 1.165) is 5.56 Å². The summed E-state index contributed by atoms with van der Waals surface area (Å²) in [6.07, 6.45) is -1.89. The highest BCUT2D eigenvalue weighted by Crippen LogP contribution is 2.32. The van der Waals surface area contributed by atoms with Gasteiger partial charge in [0.15, 0.2) is 29.1 Å². The molecule has 2 aromatic carbocycles. The van der Waals surface area contributed by atoms with Crippen LogP contribution in [0.2, 0.25) is 0 Å². The van der Waals surface area contributed by atoms with Crippen LogP contribution in [0.1, 0.15) is 12.5 Å². The Morgan fingerprint density at radius 3 is 2.68 bits per heavy atom. The Morgan fingerprint density at radius 1 is 1.07 bits per heavy atom. The molecule has 2 aliphatic heterocycles. The molecule has 0 bridgehead atoms. The van der Waals surface area contributed by atoms with Crippen LogP contribution in [0.5, 0.6) is 23.0 Å². The van der Waals surface area contributed by atoms with Gasteiger partial charge in [0.1, 0.15) is 6.61 Å².